The van der Waals surface area contributed by atoms with Gasteiger partial charge in [0.2, 0.25) is 5.95 Å². The standard InChI is InChI=1S/C27H37N5O2/c1-5-34-25-16-20(12-15-24(25)33-4)18-28-17-19-10-13-21(14-11-19)29-27-30-23-9-7-6-8-22(23)26(31-27)32(2)3/h6-9,12,15-16,19,21,28H,5,10-11,13-14,17-18H2,1-4H3,(H,29,30,31). The lowest BCUT2D eigenvalue weighted by Crippen LogP contribution is -2.31. The Bertz CT molecular complexity index is 1080. The lowest BCUT2D eigenvalue weighted by molar-refractivity contribution is 0.310. The van der Waals surface area contributed by atoms with Gasteiger partial charge in [0.15, 0.2) is 11.5 Å². The third-order valence-electron chi connectivity index (χ3n) is 6.48. The minimum atomic E-state index is 0.419. The number of hydrogen-bond donors (Lipinski definition) is 2. The fraction of sp³-hybridized carbons (Fsp3) is 0.481. The number of para-hydroxylation sites is 1. The molecule has 1 heterocycles. The number of nitrogens with zero attached hydrogens (tertiary/aromatic N) is 3. The molecule has 0 saturated heterocycles. The van der Waals surface area contributed by atoms with Crippen LogP contribution < -0.4 is 25.0 Å². The van der Waals surface area contributed by atoms with E-state index in [9.17, 15) is 0 Å². The quantitative estimate of drug-likeness (QED) is 0.445. The van der Waals surface area contributed by atoms with Gasteiger partial charge >= 0.3 is 0 Å². The van der Waals surface area contributed by atoms with E-state index in [0.717, 1.165) is 60.1 Å². The van der Waals surface area contributed by atoms with E-state index in [0.29, 0.717) is 18.6 Å². The van der Waals surface area contributed by atoms with Crippen LogP contribution in [0.1, 0.15) is 38.2 Å². The molecule has 182 valence electrons. The predicted octanol–water partition coefficient (Wildman–Crippen LogP) is 4.86. The number of benzene rings is 2. The van der Waals surface area contributed by atoms with Crippen molar-refractivity contribution in [2.45, 2.75) is 45.2 Å². The van der Waals surface area contributed by atoms with Crippen LogP contribution in [-0.2, 0) is 6.54 Å². The van der Waals surface area contributed by atoms with Crippen molar-refractivity contribution in [1.82, 2.24) is 15.3 Å². The normalized spacial score (nSPS) is 18.0. The second kappa shape index (κ2) is 11.4. The van der Waals surface area contributed by atoms with Crippen molar-refractivity contribution in [3.8, 4) is 11.5 Å². The number of methoxy groups -OCH3 is 1. The van der Waals surface area contributed by atoms with E-state index in [1.807, 2.05) is 39.2 Å². The summed E-state index contributed by atoms with van der Waals surface area (Å²) in [6.07, 6.45) is 4.67. The Morgan fingerprint density at radius 1 is 1.00 bits per heavy atom. The van der Waals surface area contributed by atoms with Crippen molar-refractivity contribution in [3.05, 3.63) is 48.0 Å². The molecule has 1 aliphatic rings. The summed E-state index contributed by atoms with van der Waals surface area (Å²) in [5, 5.41) is 8.32. The average Bonchev–Trinajstić information content (AvgIpc) is 2.85. The highest BCUT2D eigenvalue weighted by molar-refractivity contribution is 5.90. The molecule has 3 aromatic rings. The topological polar surface area (TPSA) is 71.5 Å². The van der Waals surface area contributed by atoms with Gasteiger partial charge in [0, 0.05) is 32.1 Å². The van der Waals surface area contributed by atoms with Gasteiger partial charge in [0.25, 0.3) is 0 Å². The molecule has 4 rings (SSSR count). The zero-order valence-electron chi connectivity index (χ0n) is 20.8. The number of aromatic nitrogens is 2. The predicted molar refractivity (Wildman–Crippen MR) is 139 cm³/mol. The Balaban J connectivity index is 1.27. The third kappa shape index (κ3) is 5.89. The first-order chi connectivity index (χ1) is 16.6. The zero-order valence-corrected chi connectivity index (χ0v) is 20.8. The molecular weight excluding hydrogens is 426 g/mol. The minimum absolute atomic E-state index is 0.419. The highest BCUT2D eigenvalue weighted by Gasteiger charge is 2.22. The lowest BCUT2D eigenvalue weighted by atomic mass is 9.86. The van der Waals surface area contributed by atoms with Gasteiger partial charge in [0.1, 0.15) is 5.82 Å². The first-order valence-corrected chi connectivity index (χ1v) is 12.3. The van der Waals surface area contributed by atoms with Gasteiger partial charge in [-0.2, -0.15) is 4.98 Å². The molecule has 0 unspecified atom stereocenters. The molecule has 0 radical (unpaired) electrons. The maximum absolute atomic E-state index is 5.70. The molecule has 0 aliphatic heterocycles. The number of hydrogen-bond acceptors (Lipinski definition) is 7. The van der Waals surface area contributed by atoms with E-state index in [1.54, 1.807) is 7.11 Å². The Hall–Kier alpha value is -3.06. The largest absolute Gasteiger partial charge is 0.493 e. The van der Waals surface area contributed by atoms with E-state index < -0.39 is 0 Å². The highest BCUT2D eigenvalue weighted by atomic mass is 16.5. The molecule has 0 bridgehead atoms. The number of rotatable bonds is 10. The summed E-state index contributed by atoms with van der Waals surface area (Å²) in [6.45, 7) is 4.48. The number of anilines is 2. The average molecular weight is 464 g/mol. The fourth-order valence-electron chi connectivity index (χ4n) is 4.68. The molecule has 0 atom stereocenters. The van der Waals surface area contributed by atoms with Gasteiger partial charge in [-0.05, 0) is 74.9 Å². The summed E-state index contributed by atoms with van der Waals surface area (Å²) in [7, 11) is 5.73. The lowest BCUT2D eigenvalue weighted by Gasteiger charge is -2.29. The van der Waals surface area contributed by atoms with Gasteiger partial charge in [-0.3, -0.25) is 0 Å². The summed E-state index contributed by atoms with van der Waals surface area (Å²) in [6, 6.07) is 14.8. The second-order valence-corrected chi connectivity index (χ2v) is 9.19. The van der Waals surface area contributed by atoms with Crippen LogP contribution in [0.4, 0.5) is 11.8 Å². The Labute approximate surface area is 202 Å². The van der Waals surface area contributed by atoms with Crippen LogP contribution in [0.15, 0.2) is 42.5 Å². The van der Waals surface area contributed by atoms with Crippen LogP contribution in [0.2, 0.25) is 0 Å². The molecule has 1 aliphatic carbocycles. The molecule has 34 heavy (non-hydrogen) atoms. The van der Waals surface area contributed by atoms with Crippen LogP contribution in [0.3, 0.4) is 0 Å². The Morgan fingerprint density at radius 3 is 2.53 bits per heavy atom. The van der Waals surface area contributed by atoms with Gasteiger partial charge in [0.05, 0.1) is 19.2 Å². The van der Waals surface area contributed by atoms with Crippen LogP contribution in [0.25, 0.3) is 10.9 Å². The summed E-state index contributed by atoms with van der Waals surface area (Å²) in [4.78, 5) is 11.6. The van der Waals surface area contributed by atoms with Gasteiger partial charge < -0.3 is 25.0 Å². The summed E-state index contributed by atoms with van der Waals surface area (Å²) in [5.74, 6) is 3.97. The molecule has 2 N–H and O–H groups in total. The molecule has 7 nitrogen and oxygen atoms in total. The summed E-state index contributed by atoms with van der Waals surface area (Å²) < 4.78 is 11.1. The van der Waals surface area contributed by atoms with E-state index in [-0.39, 0.29) is 0 Å². The van der Waals surface area contributed by atoms with Crippen molar-refractivity contribution < 1.29 is 9.47 Å². The van der Waals surface area contributed by atoms with E-state index in [2.05, 4.69) is 39.8 Å². The third-order valence-corrected chi connectivity index (χ3v) is 6.48. The summed E-state index contributed by atoms with van der Waals surface area (Å²) in [5.41, 5.74) is 2.19. The molecule has 1 fully saturated rings. The van der Waals surface area contributed by atoms with Crippen molar-refractivity contribution >= 4 is 22.7 Å². The van der Waals surface area contributed by atoms with E-state index >= 15 is 0 Å². The van der Waals surface area contributed by atoms with Crippen molar-refractivity contribution in [1.29, 1.82) is 0 Å². The van der Waals surface area contributed by atoms with Crippen molar-refractivity contribution in [3.63, 3.8) is 0 Å². The smallest absolute Gasteiger partial charge is 0.225 e. The van der Waals surface area contributed by atoms with Crippen LogP contribution in [0.5, 0.6) is 11.5 Å². The fourth-order valence-corrected chi connectivity index (χ4v) is 4.68. The van der Waals surface area contributed by atoms with Gasteiger partial charge in [-0.1, -0.05) is 18.2 Å². The molecule has 0 amide bonds. The number of ether oxygens (including phenoxy) is 2. The first kappa shape index (κ1) is 24.1. The number of fused-ring (bicyclic) bond motifs is 1. The molecule has 2 aromatic carbocycles. The van der Waals surface area contributed by atoms with E-state index in [4.69, 9.17) is 19.4 Å². The maximum Gasteiger partial charge on any atom is 0.225 e. The molecule has 1 saturated carbocycles. The van der Waals surface area contributed by atoms with Crippen LogP contribution >= 0.6 is 0 Å². The number of nitrogens with one attached hydrogen (secondary N) is 2. The van der Waals surface area contributed by atoms with Crippen LogP contribution in [-0.4, -0.2) is 50.4 Å². The van der Waals surface area contributed by atoms with E-state index in [1.165, 1.54) is 18.4 Å². The second-order valence-electron chi connectivity index (χ2n) is 9.19. The summed E-state index contributed by atoms with van der Waals surface area (Å²) >= 11 is 0. The molecule has 7 heteroatoms. The monoisotopic (exact) mass is 463 g/mol. The Kier molecular flexibility index (Phi) is 8.06. The zero-order chi connectivity index (χ0) is 23.9. The highest BCUT2D eigenvalue weighted by Crippen LogP contribution is 2.29. The van der Waals surface area contributed by atoms with Crippen molar-refractivity contribution in [2.75, 3.05) is 44.6 Å². The van der Waals surface area contributed by atoms with Crippen LogP contribution in [0, 0.1) is 5.92 Å². The molecule has 1 aromatic heterocycles. The molecule has 0 spiro atoms. The Morgan fingerprint density at radius 2 is 1.79 bits per heavy atom. The van der Waals surface area contributed by atoms with Gasteiger partial charge in [-0.25, -0.2) is 4.98 Å². The van der Waals surface area contributed by atoms with Crippen molar-refractivity contribution in [2.24, 2.45) is 5.92 Å². The molecular formula is C27H37N5O2. The minimum Gasteiger partial charge on any atom is -0.493 e. The maximum atomic E-state index is 5.70. The van der Waals surface area contributed by atoms with Gasteiger partial charge in [-0.15, -0.1) is 0 Å². The SMILES string of the molecule is CCOc1cc(CNCC2CCC(Nc3nc(N(C)C)c4ccccc4n3)CC2)ccc1OC. The first-order valence-electron chi connectivity index (χ1n) is 12.3.